The lowest BCUT2D eigenvalue weighted by atomic mass is 10.1. The van der Waals surface area contributed by atoms with Crippen LogP contribution in [0.4, 0.5) is 11.4 Å². The van der Waals surface area contributed by atoms with Crippen molar-refractivity contribution < 1.29 is 9.53 Å². The highest BCUT2D eigenvalue weighted by Gasteiger charge is 2.14. The number of nitrogens with one attached hydrogen (secondary N) is 2. The fraction of sp³-hybridized carbons (Fsp3) is 0.333. The summed E-state index contributed by atoms with van der Waals surface area (Å²) < 4.78 is 5.52. The highest BCUT2D eigenvalue weighted by molar-refractivity contribution is 6.04. The Hall–Kier alpha value is -2.56. The molecule has 122 valence electrons. The highest BCUT2D eigenvalue weighted by Crippen LogP contribution is 2.24. The maximum absolute atomic E-state index is 12.4. The first-order valence-corrected chi connectivity index (χ1v) is 7.66. The van der Waals surface area contributed by atoms with E-state index in [9.17, 15) is 4.79 Å². The van der Waals surface area contributed by atoms with Gasteiger partial charge in [-0.05, 0) is 52.0 Å². The normalized spacial score (nSPS) is 11.0. The zero-order chi connectivity index (χ0) is 16.9. The molecule has 0 bridgehead atoms. The first-order valence-electron chi connectivity index (χ1n) is 7.66. The minimum Gasteiger partial charge on any atom is -0.492 e. The van der Waals surface area contributed by atoms with Crippen LogP contribution < -0.4 is 15.4 Å². The molecule has 5 nitrogen and oxygen atoms in total. The number of carbonyl (C=O) groups is 1. The third-order valence-electron chi connectivity index (χ3n) is 2.95. The van der Waals surface area contributed by atoms with Gasteiger partial charge < -0.3 is 15.4 Å². The van der Waals surface area contributed by atoms with E-state index in [1.807, 2.05) is 31.2 Å². The summed E-state index contributed by atoms with van der Waals surface area (Å²) in [6.45, 7) is 8.63. The SMILES string of the molecule is CCOc1ccccc1NC(=O)c1cc(NC(C)(C)C)ccn1. The quantitative estimate of drug-likeness (QED) is 0.877. The predicted molar refractivity (Wildman–Crippen MR) is 93.2 cm³/mol. The molecule has 0 spiro atoms. The van der Waals surface area contributed by atoms with E-state index in [-0.39, 0.29) is 11.4 Å². The lowest BCUT2D eigenvalue weighted by Crippen LogP contribution is -2.26. The number of nitrogens with zero attached hydrogens (tertiary/aromatic N) is 1. The molecular formula is C18H23N3O2. The first kappa shape index (κ1) is 16.8. The van der Waals surface area contributed by atoms with Gasteiger partial charge in [0.2, 0.25) is 0 Å². The third kappa shape index (κ3) is 4.98. The van der Waals surface area contributed by atoms with E-state index < -0.39 is 0 Å². The van der Waals surface area contributed by atoms with Crippen molar-refractivity contribution in [2.24, 2.45) is 0 Å². The number of para-hydroxylation sites is 2. The number of pyridine rings is 1. The first-order chi connectivity index (χ1) is 10.9. The molecule has 23 heavy (non-hydrogen) atoms. The van der Waals surface area contributed by atoms with Crippen molar-refractivity contribution >= 4 is 17.3 Å². The van der Waals surface area contributed by atoms with Gasteiger partial charge in [0.15, 0.2) is 0 Å². The lowest BCUT2D eigenvalue weighted by Gasteiger charge is -2.22. The number of carbonyl (C=O) groups excluding carboxylic acids is 1. The van der Waals surface area contributed by atoms with Gasteiger partial charge >= 0.3 is 0 Å². The summed E-state index contributed by atoms with van der Waals surface area (Å²) in [6, 6.07) is 10.9. The summed E-state index contributed by atoms with van der Waals surface area (Å²) in [7, 11) is 0. The Bertz CT molecular complexity index is 678. The van der Waals surface area contributed by atoms with Crippen LogP contribution >= 0.6 is 0 Å². The van der Waals surface area contributed by atoms with Crippen LogP contribution in [0.1, 0.15) is 38.2 Å². The number of aromatic nitrogens is 1. The predicted octanol–water partition coefficient (Wildman–Crippen LogP) is 3.94. The van der Waals surface area contributed by atoms with Gasteiger partial charge in [-0.25, -0.2) is 0 Å². The monoisotopic (exact) mass is 313 g/mol. The fourth-order valence-corrected chi connectivity index (χ4v) is 2.10. The summed E-state index contributed by atoms with van der Waals surface area (Å²) in [5.41, 5.74) is 1.76. The Morgan fingerprint density at radius 3 is 2.65 bits per heavy atom. The van der Waals surface area contributed by atoms with Crippen molar-refractivity contribution in [3.8, 4) is 5.75 Å². The Morgan fingerprint density at radius 1 is 1.22 bits per heavy atom. The third-order valence-corrected chi connectivity index (χ3v) is 2.95. The Labute approximate surface area is 137 Å². The molecule has 1 amide bonds. The number of ether oxygens (including phenoxy) is 1. The van der Waals surface area contributed by atoms with Crippen molar-refractivity contribution in [1.82, 2.24) is 4.98 Å². The van der Waals surface area contributed by atoms with Crippen molar-refractivity contribution in [2.75, 3.05) is 17.2 Å². The van der Waals surface area contributed by atoms with Gasteiger partial charge in [-0.2, -0.15) is 0 Å². The van der Waals surface area contributed by atoms with E-state index in [1.165, 1.54) is 0 Å². The molecule has 0 atom stereocenters. The summed E-state index contributed by atoms with van der Waals surface area (Å²) in [6.07, 6.45) is 1.62. The molecule has 1 heterocycles. The lowest BCUT2D eigenvalue weighted by molar-refractivity contribution is 0.102. The Morgan fingerprint density at radius 2 is 1.96 bits per heavy atom. The largest absolute Gasteiger partial charge is 0.492 e. The number of amides is 1. The van der Waals surface area contributed by atoms with Gasteiger partial charge in [-0.1, -0.05) is 12.1 Å². The smallest absolute Gasteiger partial charge is 0.274 e. The number of anilines is 2. The van der Waals surface area contributed by atoms with Gasteiger partial charge in [0.1, 0.15) is 11.4 Å². The van der Waals surface area contributed by atoms with E-state index in [4.69, 9.17) is 4.74 Å². The van der Waals surface area contributed by atoms with Crippen molar-refractivity contribution in [3.05, 3.63) is 48.3 Å². The van der Waals surface area contributed by atoms with E-state index >= 15 is 0 Å². The molecule has 5 heteroatoms. The van der Waals surface area contributed by atoms with Gasteiger partial charge in [-0.15, -0.1) is 0 Å². The Balaban J connectivity index is 2.17. The van der Waals surface area contributed by atoms with Crippen LogP contribution in [0.25, 0.3) is 0 Å². The van der Waals surface area contributed by atoms with Crippen LogP contribution in [0.5, 0.6) is 5.75 Å². The van der Waals surface area contributed by atoms with Crippen LogP contribution in [-0.4, -0.2) is 23.0 Å². The molecule has 0 fully saturated rings. The van der Waals surface area contributed by atoms with Gasteiger partial charge in [0, 0.05) is 17.4 Å². The highest BCUT2D eigenvalue weighted by atomic mass is 16.5. The summed E-state index contributed by atoms with van der Waals surface area (Å²) >= 11 is 0. The second-order valence-corrected chi connectivity index (χ2v) is 6.19. The van der Waals surface area contributed by atoms with E-state index in [0.29, 0.717) is 23.7 Å². The maximum Gasteiger partial charge on any atom is 0.274 e. The van der Waals surface area contributed by atoms with Crippen LogP contribution in [0.3, 0.4) is 0 Å². The maximum atomic E-state index is 12.4. The fourth-order valence-electron chi connectivity index (χ4n) is 2.10. The number of benzene rings is 1. The van der Waals surface area contributed by atoms with Crippen molar-refractivity contribution in [1.29, 1.82) is 0 Å². The minimum absolute atomic E-state index is 0.0866. The molecule has 1 aromatic heterocycles. The summed E-state index contributed by atoms with van der Waals surface area (Å²) in [5.74, 6) is 0.377. The van der Waals surface area contributed by atoms with Crippen LogP contribution in [0.2, 0.25) is 0 Å². The Kier molecular flexibility index (Phi) is 5.21. The molecule has 0 aliphatic heterocycles. The minimum atomic E-state index is -0.269. The molecule has 1 aromatic carbocycles. The van der Waals surface area contributed by atoms with Gasteiger partial charge in [0.05, 0.1) is 12.3 Å². The molecule has 0 saturated heterocycles. The standard InChI is InChI=1S/C18H23N3O2/c1-5-23-16-9-7-6-8-14(16)20-17(22)15-12-13(10-11-19-15)21-18(2,3)4/h6-12H,5H2,1-4H3,(H,19,21)(H,20,22). The molecule has 2 N–H and O–H groups in total. The van der Waals surface area contributed by atoms with E-state index in [1.54, 1.807) is 18.3 Å². The molecule has 0 saturated carbocycles. The van der Waals surface area contributed by atoms with Crippen LogP contribution in [0.15, 0.2) is 42.6 Å². The number of rotatable bonds is 5. The van der Waals surface area contributed by atoms with Gasteiger partial charge in [-0.3, -0.25) is 9.78 Å². The molecule has 2 aromatic rings. The topological polar surface area (TPSA) is 63.2 Å². The van der Waals surface area contributed by atoms with Crippen LogP contribution in [0, 0.1) is 0 Å². The van der Waals surface area contributed by atoms with Crippen molar-refractivity contribution in [3.63, 3.8) is 0 Å². The summed E-state index contributed by atoms with van der Waals surface area (Å²) in [4.78, 5) is 16.6. The molecule has 0 radical (unpaired) electrons. The second-order valence-electron chi connectivity index (χ2n) is 6.19. The average Bonchev–Trinajstić information content (AvgIpc) is 2.48. The summed E-state index contributed by atoms with van der Waals surface area (Å²) in [5, 5.41) is 6.17. The van der Waals surface area contributed by atoms with Crippen LogP contribution in [-0.2, 0) is 0 Å². The zero-order valence-electron chi connectivity index (χ0n) is 14.0. The molecular weight excluding hydrogens is 290 g/mol. The van der Waals surface area contributed by atoms with Crippen molar-refractivity contribution in [2.45, 2.75) is 33.2 Å². The molecule has 0 aliphatic carbocycles. The zero-order valence-corrected chi connectivity index (χ0v) is 14.0. The molecule has 2 rings (SSSR count). The molecule has 0 unspecified atom stereocenters. The number of hydrogen-bond acceptors (Lipinski definition) is 4. The second kappa shape index (κ2) is 7.13. The average molecular weight is 313 g/mol. The van der Waals surface area contributed by atoms with Gasteiger partial charge in [0.25, 0.3) is 5.91 Å². The molecule has 0 aliphatic rings. The van der Waals surface area contributed by atoms with E-state index in [2.05, 4.69) is 36.4 Å². The van der Waals surface area contributed by atoms with E-state index in [0.717, 1.165) is 5.69 Å². The number of hydrogen-bond donors (Lipinski definition) is 2.